The zero-order chi connectivity index (χ0) is 22.9. The van der Waals surface area contributed by atoms with Crippen LogP contribution in [0.1, 0.15) is 25.3 Å². The summed E-state index contributed by atoms with van der Waals surface area (Å²) in [6, 6.07) is 14.8. The second-order valence-corrected chi connectivity index (χ2v) is 11.9. The Morgan fingerprint density at radius 1 is 1.19 bits per heavy atom. The van der Waals surface area contributed by atoms with Crippen LogP contribution < -0.4 is 0 Å². The maximum absolute atomic E-state index is 12.7. The van der Waals surface area contributed by atoms with E-state index < -0.39 is 32.0 Å². The molecule has 1 fully saturated rings. The second-order valence-electron chi connectivity index (χ2n) is 8.07. The van der Waals surface area contributed by atoms with Crippen LogP contribution in [-0.2, 0) is 20.7 Å². The summed E-state index contributed by atoms with van der Waals surface area (Å²) < 4.78 is 4.91. The molecule has 0 aliphatic carbocycles. The number of rotatable bonds is 7. The predicted molar refractivity (Wildman–Crippen MR) is 128 cm³/mol. The first-order valence-corrected chi connectivity index (χ1v) is 13.3. The molecule has 0 radical (unpaired) electrons. The third-order valence-corrected chi connectivity index (χ3v) is 9.68. The third kappa shape index (κ3) is 4.87. The summed E-state index contributed by atoms with van der Waals surface area (Å²) in [5, 5.41) is 11.7. The fourth-order valence-corrected chi connectivity index (χ4v) is 7.17. The normalized spacial score (nSPS) is 19.6. The van der Waals surface area contributed by atoms with Crippen LogP contribution in [0, 0.1) is 0 Å². The Balaban J connectivity index is 1.56. The Hall–Kier alpha value is -1.91. The second kappa shape index (κ2) is 9.52. The van der Waals surface area contributed by atoms with E-state index in [1.54, 1.807) is 25.1 Å². The molecule has 3 atom stereocenters. The minimum atomic E-state index is -1.39. The van der Waals surface area contributed by atoms with Gasteiger partial charge < -0.3 is 0 Å². The van der Waals surface area contributed by atoms with Crippen molar-refractivity contribution in [3.05, 3.63) is 64.1 Å². The number of pyridine rings is 1. The number of aliphatic carboxylic acids is 1. The summed E-state index contributed by atoms with van der Waals surface area (Å²) in [4.78, 5) is 29.3. The van der Waals surface area contributed by atoms with Gasteiger partial charge in [0.25, 0.3) is 0 Å². The molecule has 1 aliphatic rings. The van der Waals surface area contributed by atoms with Crippen LogP contribution in [0.25, 0.3) is 22.2 Å². The van der Waals surface area contributed by atoms with Gasteiger partial charge >= 0.3 is 203 Å². The molecule has 1 saturated heterocycles. The number of carbonyl (C=O) groups is 2. The first-order chi connectivity index (χ1) is 15.3. The molecule has 2 aromatic carbocycles. The van der Waals surface area contributed by atoms with Crippen LogP contribution in [0.2, 0.25) is 14.8 Å². The first-order valence-electron chi connectivity index (χ1n) is 10.3. The van der Waals surface area contributed by atoms with E-state index in [2.05, 4.69) is 4.98 Å². The molecule has 8 heteroatoms. The number of carbonyl (C=O) groups excluding carboxylic acids is 1. The molecule has 1 aliphatic heterocycles. The monoisotopic (exact) mass is 533 g/mol. The van der Waals surface area contributed by atoms with Crippen LogP contribution in [-0.4, -0.2) is 48.6 Å². The van der Waals surface area contributed by atoms with E-state index in [-0.39, 0.29) is 4.57 Å². The number of hydrogen-bond acceptors (Lipinski definition) is 4. The molecule has 0 saturated carbocycles. The molecule has 3 aromatic rings. The van der Waals surface area contributed by atoms with E-state index in [4.69, 9.17) is 27.9 Å². The van der Waals surface area contributed by atoms with Gasteiger partial charge in [0, 0.05) is 0 Å². The van der Waals surface area contributed by atoms with Gasteiger partial charge in [-0.05, 0) is 0 Å². The van der Waals surface area contributed by atoms with E-state index >= 15 is 0 Å². The summed E-state index contributed by atoms with van der Waals surface area (Å²) in [6.45, 7) is 2.35. The molecule has 5 nitrogen and oxygen atoms in total. The number of hydrogen-bond donors (Lipinski definition) is 1. The topological polar surface area (TPSA) is 76.5 Å². The van der Waals surface area contributed by atoms with Gasteiger partial charge in [-0.1, -0.05) is 0 Å². The quantitative estimate of drug-likeness (QED) is 0.425. The molecule has 0 amide bonds. The van der Waals surface area contributed by atoms with Gasteiger partial charge in [0.05, 0.1) is 0 Å². The zero-order valence-electron chi connectivity index (χ0n) is 17.4. The molecule has 0 bridgehead atoms. The van der Waals surface area contributed by atoms with Crippen molar-refractivity contribution in [1.29, 1.82) is 0 Å². The van der Waals surface area contributed by atoms with Gasteiger partial charge in [-0.2, -0.15) is 0 Å². The molecular formula is C24H22AsCl2NO4. The number of benzene rings is 2. The van der Waals surface area contributed by atoms with Gasteiger partial charge in [-0.25, -0.2) is 0 Å². The summed E-state index contributed by atoms with van der Waals surface area (Å²) in [5.41, 5.74) is 2.17. The van der Waals surface area contributed by atoms with Gasteiger partial charge in [0.1, 0.15) is 0 Å². The third-order valence-electron chi connectivity index (χ3n) is 5.71. The number of nitrogens with zero attached hydrogens (tertiary/aromatic N) is 1. The Labute approximate surface area is 202 Å². The van der Waals surface area contributed by atoms with Crippen molar-refractivity contribution in [3.8, 4) is 11.3 Å². The van der Waals surface area contributed by atoms with Crippen molar-refractivity contribution in [2.24, 2.45) is 0 Å². The van der Waals surface area contributed by atoms with E-state index in [1.165, 1.54) is 0 Å². The van der Waals surface area contributed by atoms with Crippen molar-refractivity contribution in [2.75, 3.05) is 6.61 Å². The van der Waals surface area contributed by atoms with E-state index in [0.29, 0.717) is 40.8 Å². The molecule has 2 heterocycles. The zero-order valence-corrected chi connectivity index (χ0v) is 21.0. The van der Waals surface area contributed by atoms with Crippen LogP contribution in [0.5, 0.6) is 0 Å². The van der Waals surface area contributed by atoms with Crippen LogP contribution >= 0.6 is 23.2 Å². The molecular weight excluding hydrogens is 512 g/mol. The van der Waals surface area contributed by atoms with Gasteiger partial charge in [0.15, 0.2) is 0 Å². The molecule has 1 N–H and O–H groups in total. The molecule has 1 unspecified atom stereocenters. The van der Waals surface area contributed by atoms with Crippen molar-refractivity contribution >= 4 is 60.4 Å². The Morgan fingerprint density at radius 3 is 2.59 bits per heavy atom. The molecule has 166 valence electrons. The number of fused-ring (bicyclic) bond motifs is 1. The SMILES string of the molecule is C[C@@]1(C(=O)[AsH][C@@H](Cc2ccc3nc(-c4c(Cl)cccc4Cl)ccc3c2)C(=O)O)CCCO1. The summed E-state index contributed by atoms with van der Waals surface area (Å²) in [5.74, 6) is -0.929. The van der Waals surface area contributed by atoms with Crippen molar-refractivity contribution < 1.29 is 19.4 Å². The van der Waals surface area contributed by atoms with Crippen LogP contribution in [0.15, 0.2) is 48.5 Å². The molecule has 0 spiro atoms. The van der Waals surface area contributed by atoms with Crippen molar-refractivity contribution in [1.82, 2.24) is 4.98 Å². The van der Waals surface area contributed by atoms with Gasteiger partial charge in [-0.3, -0.25) is 0 Å². The summed E-state index contributed by atoms with van der Waals surface area (Å²) in [7, 11) is 0. The Morgan fingerprint density at radius 2 is 1.94 bits per heavy atom. The van der Waals surface area contributed by atoms with Crippen LogP contribution in [0.3, 0.4) is 0 Å². The van der Waals surface area contributed by atoms with Crippen molar-refractivity contribution in [2.45, 2.75) is 36.5 Å². The standard InChI is InChI=1S/C24H22AsCl2NO4/c1-24(10-3-11-32-24)23(31)25-16(22(29)30)13-14-6-8-19-15(12-14)7-9-20(28-19)21-17(26)4-2-5-18(21)27/h2,4-9,12,16,25H,3,10-11,13H2,1H3,(H,29,30)/t16-,24-/m0/s1. The van der Waals surface area contributed by atoms with Crippen LogP contribution in [0.4, 0.5) is 0 Å². The predicted octanol–water partition coefficient (Wildman–Crippen LogP) is 5.16. The van der Waals surface area contributed by atoms with Gasteiger partial charge in [0.2, 0.25) is 0 Å². The maximum atomic E-state index is 12.7. The molecule has 1 aromatic heterocycles. The molecule has 32 heavy (non-hydrogen) atoms. The molecule has 4 rings (SSSR count). The van der Waals surface area contributed by atoms with E-state index in [0.717, 1.165) is 22.9 Å². The van der Waals surface area contributed by atoms with Gasteiger partial charge in [-0.15, -0.1) is 0 Å². The first kappa shape index (κ1) is 23.3. The fraction of sp³-hybridized carbons (Fsp3) is 0.292. The van der Waals surface area contributed by atoms with E-state index in [9.17, 15) is 14.7 Å². The minimum absolute atomic E-state index is 0.0221. The number of halogens is 2. The average Bonchev–Trinajstić information content (AvgIpc) is 3.21. The number of carboxylic acid groups (broad SMARTS) is 1. The summed E-state index contributed by atoms with van der Waals surface area (Å²) >= 11 is 11.2. The number of ether oxygens (including phenoxy) is 1. The summed E-state index contributed by atoms with van der Waals surface area (Å²) in [6.07, 6.45) is 1.82. The average molecular weight is 534 g/mol. The van der Waals surface area contributed by atoms with E-state index in [1.807, 2.05) is 30.3 Å². The fourth-order valence-electron chi connectivity index (χ4n) is 3.89. The van der Waals surface area contributed by atoms with Crippen molar-refractivity contribution in [3.63, 3.8) is 0 Å². The Kier molecular flexibility index (Phi) is 6.92. The Bertz CT molecular complexity index is 1170. The number of aromatic nitrogens is 1. The number of carboxylic acids is 1.